The summed E-state index contributed by atoms with van der Waals surface area (Å²) in [6.07, 6.45) is 4.71. The van der Waals surface area contributed by atoms with Crippen LogP contribution in [0.4, 0.5) is 0 Å². The molecule has 0 saturated carbocycles. The third-order valence-corrected chi connectivity index (χ3v) is 6.34. The first-order valence-corrected chi connectivity index (χ1v) is 11.4. The van der Waals surface area contributed by atoms with E-state index in [1.165, 1.54) is 18.4 Å². The number of oxazole rings is 1. The van der Waals surface area contributed by atoms with Crippen LogP contribution in [0.5, 0.6) is 0 Å². The molecule has 2 saturated heterocycles. The van der Waals surface area contributed by atoms with Crippen molar-refractivity contribution in [3.8, 4) is 0 Å². The van der Waals surface area contributed by atoms with Crippen molar-refractivity contribution in [3.63, 3.8) is 0 Å². The largest absolute Gasteiger partial charge is 0.444 e. The standard InChI is InChI=1S/C23H40N6O/c1-17(2)15-28-12-8-21(9-13-28)27-23(24-5)25-14-20-6-10-29(11-7-20)16-22-26-18(3)19(4)30-22/h20-21H,1,6-16H2,2-5H3,(H2,24,25,27). The first kappa shape index (κ1) is 22.8. The van der Waals surface area contributed by atoms with Crippen molar-refractivity contribution in [3.05, 3.63) is 29.5 Å². The lowest BCUT2D eigenvalue weighted by molar-refractivity contribution is 0.164. The van der Waals surface area contributed by atoms with Crippen molar-refractivity contribution in [1.82, 2.24) is 25.4 Å². The first-order valence-electron chi connectivity index (χ1n) is 11.4. The first-order chi connectivity index (χ1) is 14.4. The maximum Gasteiger partial charge on any atom is 0.208 e. The second kappa shape index (κ2) is 11.0. The maximum atomic E-state index is 5.74. The van der Waals surface area contributed by atoms with E-state index in [2.05, 4.69) is 43.9 Å². The second-order valence-corrected chi connectivity index (χ2v) is 9.07. The van der Waals surface area contributed by atoms with Gasteiger partial charge in [0, 0.05) is 39.3 Å². The van der Waals surface area contributed by atoms with Crippen molar-refractivity contribution in [2.24, 2.45) is 10.9 Å². The van der Waals surface area contributed by atoms with Gasteiger partial charge in [-0.25, -0.2) is 4.98 Å². The fraction of sp³-hybridized carbons (Fsp3) is 0.739. The molecule has 0 aliphatic carbocycles. The quantitative estimate of drug-likeness (QED) is 0.405. The molecular formula is C23H40N6O. The van der Waals surface area contributed by atoms with Crippen LogP contribution < -0.4 is 10.6 Å². The predicted octanol–water partition coefficient (Wildman–Crippen LogP) is 2.71. The molecule has 2 aliphatic heterocycles. The molecule has 7 heteroatoms. The molecule has 7 nitrogen and oxygen atoms in total. The van der Waals surface area contributed by atoms with Crippen molar-refractivity contribution in [2.45, 2.75) is 59.0 Å². The summed E-state index contributed by atoms with van der Waals surface area (Å²) in [6.45, 7) is 17.4. The molecule has 0 amide bonds. The summed E-state index contributed by atoms with van der Waals surface area (Å²) in [5.41, 5.74) is 2.25. The number of likely N-dealkylation sites (tertiary alicyclic amines) is 2. The van der Waals surface area contributed by atoms with E-state index in [4.69, 9.17) is 4.42 Å². The SMILES string of the molecule is C=C(C)CN1CCC(NC(=NC)NCC2CCN(Cc3nc(C)c(C)o3)CC2)CC1. The molecule has 0 aromatic carbocycles. The zero-order valence-corrected chi connectivity index (χ0v) is 19.3. The van der Waals surface area contributed by atoms with Gasteiger partial charge in [0.05, 0.1) is 12.2 Å². The lowest BCUT2D eigenvalue weighted by atomic mass is 9.97. The Morgan fingerprint density at radius 2 is 1.80 bits per heavy atom. The van der Waals surface area contributed by atoms with Crippen molar-refractivity contribution >= 4 is 5.96 Å². The molecule has 1 aromatic rings. The van der Waals surface area contributed by atoms with Crippen LogP contribution in [-0.2, 0) is 6.54 Å². The van der Waals surface area contributed by atoms with E-state index in [1.807, 2.05) is 20.9 Å². The van der Waals surface area contributed by atoms with Gasteiger partial charge < -0.3 is 15.1 Å². The zero-order valence-electron chi connectivity index (χ0n) is 19.3. The average molecular weight is 417 g/mol. The molecule has 168 valence electrons. The molecule has 1 aromatic heterocycles. The maximum absolute atomic E-state index is 5.74. The van der Waals surface area contributed by atoms with Crippen LogP contribution in [0.2, 0.25) is 0 Å². The van der Waals surface area contributed by atoms with Gasteiger partial charge in [0.2, 0.25) is 5.89 Å². The predicted molar refractivity (Wildman–Crippen MR) is 123 cm³/mol. The zero-order chi connectivity index (χ0) is 21.5. The van der Waals surface area contributed by atoms with Gasteiger partial charge >= 0.3 is 0 Å². The summed E-state index contributed by atoms with van der Waals surface area (Å²) in [4.78, 5) is 13.9. The van der Waals surface area contributed by atoms with E-state index >= 15 is 0 Å². The van der Waals surface area contributed by atoms with Crippen LogP contribution in [0.15, 0.2) is 21.6 Å². The molecule has 0 radical (unpaired) electrons. The Bertz CT molecular complexity index is 692. The van der Waals surface area contributed by atoms with E-state index < -0.39 is 0 Å². The Labute approximate surface area is 182 Å². The highest BCUT2D eigenvalue weighted by Gasteiger charge is 2.23. The molecule has 0 bridgehead atoms. The highest BCUT2D eigenvalue weighted by atomic mass is 16.4. The number of piperidine rings is 2. The van der Waals surface area contributed by atoms with Crippen LogP contribution in [-0.4, -0.2) is 73.1 Å². The number of nitrogens with one attached hydrogen (secondary N) is 2. The molecule has 0 spiro atoms. The molecule has 0 atom stereocenters. The summed E-state index contributed by atoms with van der Waals surface area (Å²) >= 11 is 0. The Morgan fingerprint density at radius 1 is 1.13 bits per heavy atom. The average Bonchev–Trinajstić information content (AvgIpc) is 3.04. The van der Waals surface area contributed by atoms with Crippen LogP contribution >= 0.6 is 0 Å². The highest BCUT2D eigenvalue weighted by Crippen LogP contribution is 2.19. The lowest BCUT2D eigenvalue weighted by Crippen LogP contribution is -2.50. The van der Waals surface area contributed by atoms with E-state index in [0.29, 0.717) is 12.0 Å². The third-order valence-electron chi connectivity index (χ3n) is 6.34. The Morgan fingerprint density at radius 3 is 2.37 bits per heavy atom. The summed E-state index contributed by atoms with van der Waals surface area (Å²) in [5.74, 6) is 3.41. The van der Waals surface area contributed by atoms with Crippen molar-refractivity contribution in [1.29, 1.82) is 0 Å². The van der Waals surface area contributed by atoms with Crippen molar-refractivity contribution < 1.29 is 4.42 Å². The minimum absolute atomic E-state index is 0.507. The molecule has 2 fully saturated rings. The number of guanidine groups is 1. The minimum Gasteiger partial charge on any atom is -0.444 e. The van der Waals surface area contributed by atoms with Gasteiger partial charge in [-0.3, -0.25) is 14.8 Å². The highest BCUT2D eigenvalue weighted by molar-refractivity contribution is 5.79. The fourth-order valence-corrected chi connectivity index (χ4v) is 4.39. The van der Waals surface area contributed by atoms with Gasteiger partial charge in [-0.15, -0.1) is 0 Å². The van der Waals surface area contributed by atoms with Gasteiger partial charge in [0.1, 0.15) is 5.76 Å². The number of aliphatic imine (C=N–C) groups is 1. The number of hydrogen-bond donors (Lipinski definition) is 2. The smallest absolute Gasteiger partial charge is 0.208 e. The van der Waals surface area contributed by atoms with Crippen LogP contribution in [0.3, 0.4) is 0 Å². The van der Waals surface area contributed by atoms with E-state index in [1.54, 1.807) is 0 Å². The summed E-state index contributed by atoms with van der Waals surface area (Å²) in [5, 5.41) is 7.19. The van der Waals surface area contributed by atoms with Crippen molar-refractivity contribution in [2.75, 3.05) is 46.3 Å². The fourth-order valence-electron chi connectivity index (χ4n) is 4.39. The lowest BCUT2D eigenvalue weighted by Gasteiger charge is -2.34. The topological polar surface area (TPSA) is 68.9 Å². The molecule has 3 rings (SSSR count). The monoisotopic (exact) mass is 416 g/mol. The Balaban J connectivity index is 1.33. The van der Waals surface area contributed by atoms with Gasteiger partial charge in [-0.05, 0) is 65.5 Å². The summed E-state index contributed by atoms with van der Waals surface area (Å²) < 4.78 is 5.74. The number of aryl methyl sites for hydroxylation is 2. The van der Waals surface area contributed by atoms with Gasteiger partial charge in [0.15, 0.2) is 5.96 Å². The molecular weight excluding hydrogens is 376 g/mol. The van der Waals surface area contributed by atoms with Crippen LogP contribution in [0, 0.1) is 19.8 Å². The summed E-state index contributed by atoms with van der Waals surface area (Å²) in [7, 11) is 1.87. The number of hydrogen-bond acceptors (Lipinski definition) is 5. The third kappa shape index (κ3) is 6.84. The minimum atomic E-state index is 0.507. The number of aromatic nitrogens is 1. The van der Waals surface area contributed by atoms with E-state index in [0.717, 1.165) is 82.0 Å². The van der Waals surface area contributed by atoms with E-state index in [-0.39, 0.29) is 0 Å². The van der Waals surface area contributed by atoms with Gasteiger partial charge in [0.25, 0.3) is 0 Å². The Hall–Kier alpha value is -1.86. The molecule has 2 N–H and O–H groups in total. The summed E-state index contributed by atoms with van der Waals surface area (Å²) in [6, 6.07) is 0.507. The second-order valence-electron chi connectivity index (χ2n) is 9.07. The molecule has 30 heavy (non-hydrogen) atoms. The molecule has 3 heterocycles. The molecule has 2 aliphatic rings. The van der Waals surface area contributed by atoms with Crippen LogP contribution in [0.25, 0.3) is 0 Å². The number of nitrogens with zero attached hydrogens (tertiary/aromatic N) is 4. The normalized spacial score (nSPS) is 20.5. The van der Waals surface area contributed by atoms with Gasteiger partial charge in [-0.2, -0.15) is 0 Å². The van der Waals surface area contributed by atoms with Crippen LogP contribution in [0.1, 0.15) is 50.0 Å². The van der Waals surface area contributed by atoms with Gasteiger partial charge in [-0.1, -0.05) is 12.2 Å². The molecule has 0 unspecified atom stereocenters. The number of rotatable bonds is 7. The van der Waals surface area contributed by atoms with E-state index in [9.17, 15) is 0 Å². The Kier molecular flexibility index (Phi) is 8.33.